The number of methoxy groups -OCH3 is 1. The molecule has 28 heavy (non-hydrogen) atoms. The summed E-state index contributed by atoms with van der Waals surface area (Å²) in [5, 5.41) is 0. The molecule has 0 radical (unpaired) electrons. The summed E-state index contributed by atoms with van der Waals surface area (Å²) in [5.41, 5.74) is 2.23. The largest absolute Gasteiger partial charge is 0.365 e. The van der Waals surface area contributed by atoms with Crippen molar-refractivity contribution in [1.29, 1.82) is 0 Å². The molecule has 0 N–H and O–H groups in total. The maximum atomic E-state index is 12.6. The smallest absolute Gasteiger partial charge is 0.191 e. The number of hydrogen-bond acceptors (Lipinski definition) is 2. The van der Waals surface area contributed by atoms with E-state index < -0.39 is 5.60 Å². The number of carbonyl (C=O) groups is 1. The first-order valence-corrected chi connectivity index (χ1v) is 10.2. The SMILES string of the molecule is C=PC(=O)C(C=CC(OC)(c1ccccc1)c1ccccc1)c1ccccc1. The molecule has 0 saturated heterocycles. The molecule has 0 aliphatic heterocycles. The summed E-state index contributed by atoms with van der Waals surface area (Å²) in [7, 11) is 2.19. The lowest BCUT2D eigenvalue weighted by Gasteiger charge is -2.31. The second-order valence-electron chi connectivity index (χ2n) is 6.42. The summed E-state index contributed by atoms with van der Waals surface area (Å²) in [6.45, 7) is 0. The first-order valence-electron chi connectivity index (χ1n) is 9.12. The van der Waals surface area contributed by atoms with Gasteiger partial charge in [0, 0.05) is 7.11 Å². The van der Waals surface area contributed by atoms with Crippen molar-refractivity contribution in [2.45, 2.75) is 11.5 Å². The molecule has 3 rings (SSSR count). The molecule has 0 spiro atoms. The fourth-order valence-electron chi connectivity index (χ4n) is 3.36. The number of hydrogen-bond donors (Lipinski definition) is 0. The van der Waals surface area contributed by atoms with Crippen molar-refractivity contribution in [2.24, 2.45) is 0 Å². The molecule has 0 fully saturated rings. The Morgan fingerprint density at radius 2 is 1.36 bits per heavy atom. The van der Waals surface area contributed by atoms with Gasteiger partial charge < -0.3 is 4.74 Å². The van der Waals surface area contributed by atoms with Gasteiger partial charge in [-0.1, -0.05) is 103 Å². The van der Waals surface area contributed by atoms with Crippen LogP contribution in [0.4, 0.5) is 0 Å². The van der Waals surface area contributed by atoms with E-state index in [0.29, 0.717) is 8.20 Å². The molecule has 1 atom stereocenters. The number of rotatable bonds is 8. The van der Waals surface area contributed by atoms with E-state index in [2.05, 4.69) is 6.30 Å². The number of carbonyl (C=O) groups excluding carboxylic acids is 1. The average Bonchev–Trinajstić information content (AvgIpc) is 2.78. The maximum absolute atomic E-state index is 12.6. The minimum absolute atomic E-state index is 0.0496. The van der Waals surface area contributed by atoms with Gasteiger partial charge in [-0.2, -0.15) is 0 Å². The van der Waals surface area contributed by atoms with Crippen LogP contribution in [0.2, 0.25) is 0 Å². The average molecular weight is 386 g/mol. The summed E-state index contributed by atoms with van der Waals surface area (Å²) in [5.74, 6) is -0.373. The highest BCUT2D eigenvalue weighted by atomic mass is 31.1. The molecule has 1 unspecified atom stereocenters. The highest BCUT2D eigenvalue weighted by molar-refractivity contribution is 7.56. The van der Waals surface area contributed by atoms with Gasteiger partial charge in [-0.05, 0) is 31.0 Å². The van der Waals surface area contributed by atoms with Gasteiger partial charge in [0.15, 0.2) is 5.52 Å². The van der Waals surface area contributed by atoms with Gasteiger partial charge in [0.2, 0.25) is 0 Å². The molecule has 3 heteroatoms. The molecule has 3 aromatic rings. The summed E-state index contributed by atoms with van der Waals surface area (Å²) in [6.07, 6.45) is 7.71. The predicted octanol–water partition coefficient (Wildman–Crippen LogP) is 5.82. The Morgan fingerprint density at radius 3 is 1.79 bits per heavy atom. The highest BCUT2D eigenvalue weighted by Gasteiger charge is 2.32. The molecule has 3 aromatic carbocycles. The summed E-state index contributed by atoms with van der Waals surface area (Å²) in [6, 6.07) is 29.9. The number of ether oxygens (including phenoxy) is 1. The van der Waals surface area contributed by atoms with Crippen molar-refractivity contribution in [1.82, 2.24) is 0 Å². The third kappa shape index (κ3) is 4.20. The van der Waals surface area contributed by atoms with Crippen molar-refractivity contribution in [3.05, 3.63) is 120 Å². The topological polar surface area (TPSA) is 26.3 Å². The fourth-order valence-corrected chi connectivity index (χ4v) is 3.79. The van der Waals surface area contributed by atoms with Crippen molar-refractivity contribution in [3.63, 3.8) is 0 Å². The third-order valence-corrected chi connectivity index (χ3v) is 5.42. The first-order chi connectivity index (χ1) is 13.7. The van der Waals surface area contributed by atoms with E-state index in [-0.39, 0.29) is 11.4 Å². The number of allylic oxidation sites excluding steroid dienone is 1. The first kappa shape index (κ1) is 19.9. The maximum Gasteiger partial charge on any atom is 0.191 e. The molecule has 0 bridgehead atoms. The van der Waals surface area contributed by atoms with Gasteiger partial charge in [-0.3, -0.25) is 4.79 Å². The monoisotopic (exact) mass is 386 g/mol. The normalized spacial score (nSPS) is 12.9. The standard InChI is InChI=1S/C25H23O2P/c1-27-25(21-14-8-4-9-15-21,22-16-10-5-11-17-22)19-18-23(24(26)28-2)20-12-6-3-7-13-20/h3-19,23H,2H2,1H3. The van der Waals surface area contributed by atoms with E-state index in [0.717, 1.165) is 16.7 Å². The predicted molar refractivity (Wildman–Crippen MR) is 118 cm³/mol. The van der Waals surface area contributed by atoms with Crippen LogP contribution in [0.15, 0.2) is 103 Å². The zero-order chi connectivity index (χ0) is 19.8. The van der Waals surface area contributed by atoms with Crippen molar-refractivity contribution in [2.75, 3.05) is 7.11 Å². The van der Waals surface area contributed by atoms with Crippen LogP contribution in [0.1, 0.15) is 22.6 Å². The Bertz CT molecular complexity index is 895. The van der Waals surface area contributed by atoms with Crippen LogP contribution >= 0.6 is 8.20 Å². The van der Waals surface area contributed by atoms with Crippen molar-refractivity contribution in [3.8, 4) is 0 Å². The third-order valence-electron chi connectivity index (χ3n) is 4.83. The summed E-state index contributed by atoms with van der Waals surface area (Å²) in [4.78, 5) is 12.6. The van der Waals surface area contributed by atoms with Gasteiger partial charge in [-0.25, -0.2) is 0 Å². The lowest BCUT2D eigenvalue weighted by molar-refractivity contribution is -0.111. The van der Waals surface area contributed by atoms with Crippen LogP contribution in [0, 0.1) is 0 Å². The van der Waals surface area contributed by atoms with E-state index in [4.69, 9.17) is 4.74 Å². The van der Waals surface area contributed by atoms with Gasteiger partial charge in [0.1, 0.15) is 5.60 Å². The van der Waals surface area contributed by atoms with Gasteiger partial charge in [-0.15, -0.1) is 0 Å². The van der Waals surface area contributed by atoms with Crippen molar-refractivity contribution < 1.29 is 9.53 Å². The van der Waals surface area contributed by atoms with Gasteiger partial charge >= 0.3 is 0 Å². The number of benzene rings is 3. The van der Waals surface area contributed by atoms with Gasteiger partial charge in [0.05, 0.1) is 5.92 Å². The second kappa shape index (κ2) is 9.41. The Kier molecular flexibility index (Phi) is 6.71. The van der Waals surface area contributed by atoms with Crippen LogP contribution in [-0.2, 0) is 15.1 Å². The van der Waals surface area contributed by atoms with E-state index in [1.165, 1.54) is 0 Å². The van der Waals surface area contributed by atoms with E-state index in [1.807, 2.05) is 103 Å². The molecule has 140 valence electrons. The quantitative estimate of drug-likeness (QED) is 0.360. The van der Waals surface area contributed by atoms with Crippen LogP contribution in [0.25, 0.3) is 0 Å². The van der Waals surface area contributed by atoms with Gasteiger partial charge in [0.25, 0.3) is 0 Å². The molecular formula is C25H23O2P. The Morgan fingerprint density at radius 1 is 0.893 bits per heavy atom. The Hall–Kier alpha value is -2.80. The van der Waals surface area contributed by atoms with Crippen molar-refractivity contribution >= 4 is 20.0 Å². The molecule has 2 nitrogen and oxygen atoms in total. The van der Waals surface area contributed by atoms with Crippen LogP contribution in [0.5, 0.6) is 0 Å². The Balaban J connectivity index is 2.13. The fraction of sp³-hybridized carbons (Fsp3) is 0.120. The molecule has 0 aliphatic carbocycles. The Labute approximate surface area is 168 Å². The minimum Gasteiger partial charge on any atom is -0.365 e. The van der Waals surface area contributed by atoms with Crippen LogP contribution in [-0.4, -0.2) is 18.9 Å². The summed E-state index contributed by atoms with van der Waals surface area (Å²) >= 11 is 0. The molecule has 0 aliphatic rings. The molecular weight excluding hydrogens is 363 g/mol. The molecule has 0 amide bonds. The van der Waals surface area contributed by atoms with E-state index >= 15 is 0 Å². The zero-order valence-corrected chi connectivity index (χ0v) is 16.8. The molecule has 0 saturated carbocycles. The van der Waals surface area contributed by atoms with E-state index in [9.17, 15) is 4.79 Å². The zero-order valence-electron chi connectivity index (χ0n) is 15.9. The second-order valence-corrected chi connectivity index (χ2v) is 7.17. The van der Waals surface area contributed by atoms with Crippen LogP contribution < -0.4 is 0 Å². The lowest BCUT2D eigenvalue weighted by atomic mass is 9.84. The molecule has 0 aromatic heterocycles. The molecule has 0 heterocycles. The lowest BCUT2D eigenvalue weighted by Crippen LogP contribution is -2.28. The summed E-state index contributed by atoms with van der Waals surface area (Å²) < 4.78 is 6.09. The minimum atomic E-state index is -0.784. The van der Waals surface area contributed by atoms with E-state index in [1.54, 1.807) is 7.11 Å². The van der Waals surface area contributed by atoms with Crippen LogP contribution in [0.3, 0.4) is 0 Å². The highest BCUT2D eigenvalue weighted by Crippen LogP contribution is 2.36.